The minimum Gasteiger partial charge on any atom is -0.416 e. The molecule has 1 aliphatic rings. The Bertz CT molecular complexity index is 935. The quantitative estimate of drug-likeness (QED) is 0.524. The molecule has 0 unspecified atom stereocenters. The van der Waals surface area contributed by atoms with Gasteiger partial charge in [-0.05, 0) is 52.3 Å². The first-order valence-corrected chi connectivity index (χ1v) is 14.9. The molecule has 7 nitrogen and oxygen atoms in total. The topological polar surface area (TPSA) is 62.6 Å². The number of nitrogens with one attached hydrogen (secondary N) is 1. The zero-order valence-electron chi connectivity index (χ0n) is 19.9. The van der Waals surface area contributed by atoms with Gasteiger partial charge in [-0.2, -0.15) is 0 Å². The van der Waals surface area contributed by atoms with Crippen molar-refractivity contribution >= 4 is 35.8 Å². The van der Waals surface area contributed by atoms with E-state index in [0.29, 0.717) is 6.67 Å². The van der Waals surface area contributed by atoms with Crippen LogP contribution in [0.4, 0.5) is 11.5 Å². The van der Waals surface area contributed by atoms with Crippen molar-refractivity contribution in [1.29, 1.82) is 0 Å². The largest absolute Gasteiger partial charge is 0.416 e. The summed E-state index contributed by atoms with van der Waals surface area (Å²) in [5, 5.41) is 3.46. The molecule has 0 aliphatic carbocycles. The van der Waals surface area contributed by atoms with Crippen molar-refractivity contribution in [2.75, 3.05) is 49.5 Å². The number of hydrogen-bond acceptors (Lipinski definition) is 6. The van der Waals surface area contributed by atoms with Crippen LogP contribution in [-0.4, -0.2) is 62.1 Å². The molecule has 2 aromatic heterocycles. The highest BCUT2D eigenvalue weighted by atomic mass is 79.9. The lowest BCUT2D eigenvalue weighted by molar-refractivity contribution is 0.191. The maximum absolute atomic E-state index is 11.9. The normalized spacial score (nSPS) is 15.8. The van der Waals surface area contributed by atoms with Gasteiger partial charge >= 0.3 is 0 Å². The van der Waals surface area contributed by atoms with E-state index < -0.39 is 8.32 Å². The highest BCUT2D eigenvalue weighted by molar-refractivity contribution is 9.10. The second-order valence-corrected chi connectivity index (χ2v) is 15.6. The summed E-state index contributed by atoms with van der Waals surface area (Å²) in [6.07, 6.45) is 3.67. The first kappa shape index (κ1) is 24.9. The Morgan fingerprint density at radius 2 is 1.84 bits per heavy atom. The molecule has 1 saturated heterocycles. The van der Waals surface area contributed by atoms with Crippen molar-refractivity contribution in [3.05, 3.63) is 51.5 Å². The summed E-state index contributed by atoms with van der Waals surface area (Å²) in [6, 6.07) is 7.35. The summed E-state index contributed by atoms with van der Waals surface area (Å²) in [6.45, 7) is 17.7. The molecule has 176 valence electrons. The van der Waals surface area contributed by atoms with Gasteiger partial charge in [0.25, 0.3) is 5.56 Å². The van der Waals surface area contributed by atoms with Gasteiger partial charge in [0.2, 0.25) is 0 Å². The van der Waals surface area contributed by atoms with Gasteiger partial charge in [-0.1, -0.05) is 20.8 Å². The number of anilines is 2. The van der Waals surface area contributed by atoms with E-state index in [9.17, 15) is 4.79 Å². The summed E-state index contributed by atoms with van der Waals surface area (Å²) in [7, 11) is -1.67. The summed E-state index contributed by atoms with van der Waals surface area (Å²) >= 11 is 3.39. The van der Waals surface area contributed by atoms with Gasteiger partial charge in [-0.3, -0.25) is 14.3 Å². The van der Waals surface area contributed by atoms with Crippen molar-refractivity contribution in [2.45, 2.75) is 45.6 Å². The molecule has 0 aromatic carbocycles. The average Bonchev–Trinajstić information content (AvgIpc) is 2.74. The van der Waals surface area contributed by atoms with Gasteiger partial charge in [0.15, 0.2) is 8.32 Å². The van der Waals surface area contributed by atoms with Gasteiger partial charge in [0.1, 0.15) is 5.82 Å². The summed E-state index contributed by atoms with van der Waals surface area (Å²) in [5.41, 5.74) is 1.08. The Morgan fingerprint density at radius 3 is 2.47 bits per heavy atom. The molecule has 0 spiro atoms. The first-order valence-electron chi connectivity index (χ1n) is 11.2. The SMILES string of the molecule is CC(C)(C)[Si](C)(C)OCCN1CCN(c2ccc(NCn3cc(Br)ccc3=O)nc2)CC1. The monoisotopic (exact) mass is 521 g/mol. The molecule has 9 heteroatoms. The van der Waals surface area contributed by atoms with Crippen LogP contribution in [0.15, 0.2) is 45.9 Å². The second kappa shape index (κ2) is 10.5. The maximum Gasteiger partial charge on any atom is 0.252 e. The Hall–Kier alpha value is -1.68. The van der Waals surface area contributed by atoms with E-state index in [1.54, 1.807) is 22.9 Å². The average molecular weight is 523 g/mol. The van der Waals surface area contributed by atoms with Gasteiger partial charge < -0.3 is 14.6 Å². The zero-order chi connectivity index (χ0) is 23.4. The zero-order valence-corrected chi connectivity index (χ0v) is 22.5. The van der Waals surface area contributed by atoms with Gasteiger partial charge in [-0.15, -0.1) is 0 Å². The van der Waals surface area contributed by atoms with Crippen molar-refractivity contribution in [1.82, 2.24) is 14.5 Å². The van der Waals surface area contributed by atoms with Crippen LogP contribution < -0.4 is 15.8 Å². The summed E-state index contributed by atoms with van der Waals surface area (Å²) in [5.74, 6) is 0.752. The minimum atomic E-state index is -1.67. The second-order valence-electron chi connectivity index (χ2n) is 9.83. The Morgan fingerprint density at radius 1 is 1.12 bits per heavy atom. The third-order valence-corrected chi connectivity index (χ3v) is 11.5. The molecule has 32 heavy (non-hydrogen) atoms. The summed E-state index contributed by atoms with van der Waals surface area (Å²) in [4.78, 5) is 21.3. The number of halogens is 1. The van der Waals surface area contributed by atoms with E-state index in [1.165, 1.54) is 0 Å². The number of rotatable bonds is 8. The highest BCUT2D eigenvalue weighted by Crippen LogP contribution is 2.36. The third-order valence-electron chi connectivity index (χ3n) is 6.54. The van der Waals surface area contributed by atoms with E-state index in [1.807, 2.05) is 12.3 Å². The van der Waals surface area contributed by atoms with E-state index >= 15 is 0 Å². The smallest absolute Gasteiger partial charge is 0.252 e. The van der Waals surface area contributed by atoms with Crippen LogP contribution in [0, 0.1) is 0 Å². The van der Waals surface area contributed by atoms with E-state index in [2.05, 4.69) is 76.0 Å². The lowest BCUT2D eigenvalue weighted by Crippen LogP contribution is -2.48. The number of nitrogens with zero attached hydrogens (tertiary/aromatic N) is 4. The van der Waals surface area contributed by atoms with Crippen LogP contribution in [0.25, 0.3) is 0 Å². The molecular formula is C23H36BrN5O2Si. The number of pyridine rings is 2. The molecule has 1 fully saturated rings. The molecule has 0 amide bonds. The van der Waals surface area contributed by atoms with E-state index in [4.69, 9.17) is 4.43 Å². The minimum absolute atomic E-state index is 0.0510. The van der Waals surface area contributed by atoms with Crippen LogP contribution >= 0.6 is 15.9 Å². The fourth-order valence-corrected chi connectivity index (χ4v) is 4.76. The molecule has 3 heterocycles. The Labute approximate surface area is 201 Å². The molecule has 3 rings (SSSR count). The molecule has 1 N–H and O–H groups in total. The van der Waals surface area contributed by atoms with E-state index in [0.717, 1.165) is 55.3 Å². The lowest BCUT2D eigenvalue weighted by atomic mass is 10.2. The predicted octanol–water partition coefficient (Wildman–Crippen LogP) is 4.22. The Kier molecular flexibility index (Phi) is 8.19. The van der Waals surface area contributed by atoms with Crippen LogP contribution in [0.5, 0.6) is 0 Å². The Balaban J connectivity index is 1.44. The molecule has 0 radical (unpaired) electrons. The molecule has 0 bridgehead atoms. The van der Waals surface area contributed by atoms with Crippen LogP contribution in [0.3, 0.4) is 0 Å². The lowest BCUT2D eigenvalue weighted by Gasteiger charge is -2.38. The highest BCUT2D eigenvalue weighted by Gasteiger charge is 2.37. The standard InChI is InChI=1S/C23H36BrN5O2Si/c1-23(2,3)32(4,5)31-15-14-27-10-12-28(13-11-27)20-7-8-21(25-16-20)26-18-29-17-19(24)6-9-22(29)30/h6-9,16-17H,10-15,18H2,1-5H3,(H,25,26). The third kappa shape index (κ3) is 6.66. The van der Waals surface area contributed by atoms with Crippen LogP contribution in [0.1, 0.15) is 20.8 Å². The van der Waals surface area contributed by atoms with Gasteiger partial charge in [0.05, 0.1) is 18.6 Å². The van der Waals surface area contributed by atoms with E-state index in [-0.39, 0.29) is 10.6 Å². The molecule has 2 aromatic rings. The van der Waals surface area contributed by atoms with Crippen molar-refractivity contribution in [3.8, 4) is 0 Å². The van der Waals surface area contributed by atoms with Crippen LogP contribution in [0.2, 0.25) is 18.1 Å². The fraction of sp³-hybridized carbons (Fsp3) is 0.565. The van der Waals surface area contributed by atoms with Crippen molar-refractivity contribution < 1.29 is 4.43 Å². The molecule has 1 aliphatic heterocycles. The molecule has 0 atom stereocenters. The summed E-state index contributed by atoms with van der Waals surface area (Å²) < 4.78 is 8.81. The first-order chi connectivity index (χ1) is 15.0. The maximum atomic E-state index is 11.9. The number of hydrogen-bond donors (Lipinski definition) is 1. The van der Waals surface area contributed by atoms with Crippen molar-refractivity contribution in [3.63, 3.8) is 0 Å². The fourth-order valence-electron chi connectivity index (χ4n) is 3.35. The molecular weight excluding hydrogens is 486 g/mol. The number of aromatic nitrogens is 2. The molecule has 0 saturated carbocycles. The van der Waals surface area contributed by atoms with Crippen LogP contribution in [-0.2, 0) is 11.1 Å². The predicted molar refractivity (Wildman–Crippen MR) is 138 cm³/mol. The van der Waals surface area contributed by atoms with Gasteiger partial charge in [-0.25, -0.2) is 4.98 Å². The van der Waals surface area contributed by atoms with Crippen molar-refractivity contribution in [2.24, 2.45) is 0 Å². The van der Waals surface area contributed by atoms with Gasteiger partial charge in [0, 0.05) is 56.1 Å². The number of piperazine rings is 1.